The molecule has 0 heterocycles. The highest BCUT2D eigenvalue weighted by Crippen LogP contribution is 2.23. The SMILES string of the molecule is CCCCCCc1ccc2cc(O[SH](=O)=O)ccc2c1. The van der Waals surface area contributed by atoms with E-state index in [2.05, 4.69) is 19.1 Å². The predicted octanol–water partition coefficient (Wildman–Crippen LogP) is 3.87. The largest absolute Gasteiger partial charge is 0.384 e. The molecule has 4 heteroatoms. The molecule has 0 fully saturated rings. The molecule has 0 atom stereocenters. The van der Waals surface area contributed by atoms with Crippen molar-refractivity contribution in [3.63, 3.8) is 0 Å². The lowest BCUT2D eigenvalue weighted by atomic mass is 10.0. The minimum atomic E-state index is -2.85. The Kier molecular flexibility index (Phi) is 5.41. The van der Waals surface area contributed by atoms with E-state index in [9.17, 15) is 8.42 Å². The summed E-state index contributed by atoms with van der Waals surface area (Å²) in [5, 5.41) is 2.11. The molecular formula is C16H20O3S. The Hall–Kier alpha value is -1.55. The molecule has 0 aromatic heterocycles. The highest BCUT2D eigenvalue weighted by atomic mass is 32.2. The summed E-state index contributed by atoms with van der Waals surface area (Å²) in [6, 6.07) is 11.6. The van der Waals surface area contributed by atoms with Crippen LogP contribution in [0.25, 0.3) is 10.8 Å². The van der Waals surface area contributed by atoms with E-state index in [4.69, 9.17) is 4.18 Å². The minimum Gasteiger partial charge on any atom is -0.384 e. The Morgan fingerprint density at radius 2 is 1.70 bits per heavy atom. The second kappa shape index (κ2) is 7.29. The molecule has 0 amide bonds. The smallest absolute Gasteiger partial charge is 0.299 e. The van der Waals surface area contributed by atoms with Crippen molar-refractivity contribution in [2.24, 2.45) is 0 Å². The summed E-state index contributed by atoms with van der Waals surface area (Å²) < 4.78 is 25.8. The molecule has 0 N–H and O–H groups in total. The van der Waals surface area contributed by atoms with Gasteiger partial charge in [0.1, 0.15) is 5.75 Å². The Labute approximate surface area is 121 Å². The zero-order valence-electron chi connectivity index (χ0n) is 11.7. The van der Waals surface area contributed by atoms with Crippen LogP contribution in [0.2, 0.25) is 0 Å². The van der Waals surface area contributed by atoms with Gasteiger partial charge in [-0.05, 0) is 41.3 Å². The molecule has 0 saturated carbocycles. The van der Waals surface area contributed by atoms with Crippen molar-refractivity contribution >= 4 is 21.8 Å². The second-order valence-corrected chi connectivity index (χ2v) is 5.60. The van der Waals surface area contributed by atoms with E-state index >= 15 is 0 Å². The third kappa shape index (κ3) is 4.23. The van der Waals surface area contributed by atoms with Crippen LogP contribution in [-0.2, 0) is 17.4 Å². The Morgan fingerprint density at radius 1 is 0.950 bits per heavy atom. The predicted molar refractivity (Wildman–Crippen MR) is 82.7 cm³/mol. The van der Waals surface area contributed by atoms with Gasteiger partial charge in [0, 0.05) is 0 Å². The lowest BCUT2D eigenvalue weighted by molar-refractivity contribution is 0.511. The van der Waals surface area contributed by atoms with Crippen LogP contribution < -0.4 is 4.18 Å². The lowest BCUT2D eigenvalue weighted by Crippen LogP contribution is -1.90. The van der Waals surface area contributed by atoms with Gasteiger partial charge < -0.3 is 4.18 Å². The molecule has 0 aliphatic rings. The minimum absolute atomic E-state index is 0.365. The standard InChI is InChI=1S/C16H20O3S/c1-2-3-4-5-6-13-7-8-15-12-16(19-20(17)18)10-9-14(15)11-13/h7-12,20H,2-6H2,1H3. The van der Waals surface area contributed by atoms with Gasteiger partial charge in [0.05, 0.1) is 0 Å². The molecule has 108 valence electrons. The summed E-state index contributed by atoms with van der Waals surface area (Å²) >= 11 is 0. The number of hydrogen-bond acceptors (Lipinski definition) is 3. The Bertz CT molecular complexity index is 639. The highest BCUT2D eigenvalue weighted by Gasteiger charge is 2.00. The molecular weight excluding hydrogens is 272 g/mol. The lowest BCUT2D eigenvalue weighted by Gasteiger charge is -2.05. The van der Waals surface area contributed by atoms with E-state index in [1.54, 1.807) is 12.1 Å². The van der Waals surface area contributed by atoms with Crippen LogP contribution in [0.5, 0.6) is 5.75 Å². The molecule has 0 spiro atoms. The van der Waals surface area contributed by atoms with Crippen LogP contribution in [0, 0.1) is 0 Å². The van der Waals surface area contributed by atoms with Crippen molar-refractivity contribution in [3.8, 4) is 5.75 Å². The van der Waals surface area contributed by atoms with Gasteiger partial charge in [-0.2, -0.15) is 8.42 Å². The first-order valence-corrected chi connectivity index (χ1v) is 8.13. The normalized spacial score (nSPS) is 11.1. The van der Waals surface area contributed by atoms with Crippen LogP contribution in [0.1, 0.15) is 38.2 Å². The van der Waals surface area contributed by atoms with Crippen LogP contribution >= 0.6 is 0 Å². The molecule has 2 aromatic rings. The number of hydrogen-bond donors (Lipinski definition) is 1. The highest BCUT2D eigenvalue weighted by molar-refractivity contribution is 7.67. The monoisotopic (exact) mass is 292 g/mol. The Morgan fingerprint density at radius 3 is 2.45 bits per heavy atom. The van der Waals surface area contributed by atoms with Crippen molar-refractivity contribution in [2.75, 3.05) is 0 Å². The summed E-state index contributed by atoms with van der Waals surface area (Å²) in [5.74, 6) is 0.365. The number of aryl methyl sites for hydroxylation is 1. The van der Waals surface area contributed by atoms with Crippen LogP contribution in [0.15, 0.2) is 36.4 Å². The summed E-state index contributed by atoms with van der Waals surface area (Å²) in [5.41, 5.74) is 1.33. The first-order valence-electron chi connectivity index (χ1n) is 7.04. The Balaban J connectivity index is 2.10. The molecule has 0 radical (unpaired) electrons. The number of fused-ring (bicyclic) bond motifs is 1. The van der Waals surface area contributed by atoms with Gasteiger partial charge in [0.2, 0.25) is 0 Å². The molecule has 3 nitrogen and oxygen atoms in total. The van der Waals surface area contributed by atoms with Gasteiger partial charge in [-0.1, -0.05) is 50.5 Å². The van der Waals surface area contributed by atoms with E-state index in [1.807, 2.05) is 12.1 Å². The molecule has 0 aliphatic carbocycles. The molecule has 0 aliphatic heterocycles. The molecule has 2 rings (SSSR count). The van der Waals surface area contributed by atoms with Gasteiger partial charge in [0.15, 0.2) is 0 Å². The van der Waals surface area contributed by atoms with Crippen molar-refractivity contribution in [2.45, 2.75) is 39.0 Å². The van der Waals surface area contributed by atoms with Gasteiger partial charge in [-0.3, -0.25) is 0 Å². The zero-order valence-corrected chi connectivity index (χ0v) is 12.6. The molecule has 2 aromatic carbocycles. The molecule has 0 saturated heterocycles. The van der Waals surface area contributed by atoms with Gasteiger partial charge >= 0.3 is 0 Å². The number of rotatable bonds is 7. The maximum absolute atomic E-state index is 10.5. The topological polar surface area (TPSA) is 43.4 Å². The summed E-state index contributed by atoms with van der Waals surface area (Å²) in [6.45, 7) is 2.21. The van der Waals surface area contributed by atoms with E-state index in [1.165, 1.54) is 31.2 Å². The average Bonchev–Trinajstić information content (AvgIpc) is 2.43. The van der Waals surface area contributed by atoms with E-state index in [0.29, 0.717) is 5.75 Å². The first-order chi connectivity index (χ1) is 9.69. The second-order valence-electron chi connectivity index (χ2n) is 4.97. The van der Waals surface area contributed by atoms with Crippen molar-refractivity contribution < 1.29 is 12.6 Å². The molecule has 0 unspecified atom stereocenters. The summed E-state index contributed by atoms with van der Waals surface area (Å²) in [4.78, 5) is 0. The number of unbranched alkanes of at least 4 members (excludes halogenated alkanes) is 3. The third-order valence-corrected chi connectivity index (χ3v) is 3.73. The summed E-state index contributed by atoms with van der Waals surface area (Å²) in [7, 11) is -2.85. The molecule has 20 heavy (non-hydrogen) atoms. The van der Waals surface area contributed by atoms with Crippen LogP contribution in [0.4, 0.5) is 0 Å². The molecule has 0 bridgehead atoms. The van der Waals surface area contributed by atoms with Crippen LogP contribution in [-0.4, -0.2) is 8.42 Å². The average molecular weight is 292 g/mol. The number of benzene rings is 2. The van der Waals surface area contributed by atoms with Crippen molar-refractivity contribution in [1.82, 2.24) is 0 Å². The fourth-order valence-corrected chi connectivity index (χ4v) is 2.61. The van der Waals surface area contributed by atoms with Crippen molar-refractivity contribution in [1.29, 1.82) is 0 Å². The van der Waals surface area contributed by atoms with Gasteiger partial charge in [-0.25, -0.2) is 0 Å². The maximum atomic E-state index is 10.5. The third-order valence-electron chi connectivity index (χ3n) is 3.38. The van der Waals surface area contributed by atoms with Crippen molar-refractivity contribution in [3.05, 3.63) is 42.0 Å². The van der Waals surface area contributed by atoms with E-state index in [-0.39, 0.29) is 0 Å². The van der Waals surface area contributed by atoms with Crippen LogP contribution in [0.3, 0.4) is 0 Å². The van der Waals surface area contributed by atoms with Gasteiger partial charge in [-0.15, -0.1) is 0 Å². The fourth-order valence-electron chi connectivity index (χ4n) is 2.33. The summed E-state index contributed by atoms with van der Waals surface area (Å²) in [6.07, 6.45) is 6.14. The fraction of sp³-hybridized carbons (Fsp3) is 0.375. The zero-order chi connectivity index (χ0) is 14.4. The van der Waals surface area contributed by atoms with E-state index < -0.39 is 11.0 Å². The van der Waals surface area contributed by atoms with Gasteiger partial charge in [0.25, 0.3) is 11.0 Å². The maximum Gasteiger partial charge on any atom is 0.299 e. The first kappa shape index (κ1) is 14.9. The quantitative estimate of drug-likeness (QED) is 0.622. The number of thiol groups is 1. The van der Waals surface area contributed by atoms with E-state index in [0.717, 1.165) is 17.2 Å².